The standard InChI is InChI=1S/C15H19NO2S/c17-15(18-13-8-4-5-9-13)14(16-11-19-16)10-12-6-2-1-3-7-12/h1-3,6-7,13-14H,4-5,8-11H2/t14-,16?/m0/s1. The van der Waals surface area contributed by atoms with Crippen molar-refractivity contribution in [1.29, 1.82) is 0 Å². The highest BCUT2D eigenvalue weighted by Crippen LogP contribution is 2.34. The highest BCUT2D eigenvalue weighted by Gasteiger charge is 2.37. The van der Waals surface area contributed by atoms with Crippen LogP contribution in [0.2, 0.25) is 0 Å². The largest absolute Gasteiger partial charge is 0.461 e. The van der Waals surface area contributed by atoms with Gasteiger partial charge in [0.25, 0.3) is 0 Å². The lowest BCUT2D eigenvalue weighted by atomic mass is 10.1. The lowest BCUT2D eigenvalue weighted by Gasteiger charge is -2.19. The predicted molar refractivity (Wildman–Crippen MR) is 76.6 cm³/mol. The Kier molecular flexibility index (Phi) is 4.09. The zero-order valence-corrected chi connectivity index (χ0v) is 11.8. The molecule has 0 amide bonds. The Labute approximate surface area is 118 Å². The molecule has 1 saturated heterocycles. The third-order valence-corrected chi connectivity index (χ3v) is 4.57. The van der Waals surface area contributed by atoms with Gasteiger partial charge < -0.3 is 4.74 Å². The van der Waals surface area contributed by atoms with E-state index in [0.29, 0.717) is 0 Å². The van der Waals surface area contributed by atoms with Crippen molar-refractivity contribution in [3.63, 3.8) is 0 Å². The van der Waals surface area contributed by atoms with Gasteiger partial charge in [-0.1, -0.05) is 42.3 Å². The summed E-state index contributed by atoms with van der Waals surface area (Å²) in [4.78, 5) is 12.3. The first-order valence-electron chi connectivity index (χ1n) is 6.97. The molecule has 1 aliphatic heterocycles. The molecule has 1 aromatic rings. The van der Waals surface area contributed by atoms with Gasteiger partial charge in [0.1, 0.15) is 12.1 Å². The van der Waals surface area contributed by atoms with Crippen molar-refractivity contribution in [2.24, 2.45) is 0 Å². The van der Waals surface area contributed by atoms with Crippen LogP contribution in [0.15, 0.2) is 30.3 Å². The normalized spacial score (nSPS) is 24.1. The summed E-state index contributed by atoms with van der Waals surface area (Å²) in [6.45, 7) is 0. The molecule has 0 aromatic heterocycles. The third-order valence-electron chi connectivity index (χ3n) is 3.75. The molecule has 1 heterocycles. The van der Waals surface area contributed by atoms with Gasteiger partial charge in [0.05, 0.1) is 5.88 Å². The lowest BCUT2D eigenvalue weighted by molar-refractivity contribution is -0.152. The van der Waals surface area contributed by atoms with Crippen LogP contribution >= 0.6 is 11.9 Å². The molecule has 0 spiro atoms. The van der Waals surface area contributed by atoms with Crippen molar-refractivity contribution in [3.05, 3.63) is 35.9 Å². The SMILES string of the molecule is O=C(OC1CCCC1)[C@H](Cc1ccccc1)N1CS1. The van der Waals surface area contributed by atoms with Gasteiger partial charge in [0.15, 0.2) is 0 Å². The van der Waals surface area contributed by atoms with Crippen molar-refractivity contribution >= 4 is 17.9 Å². The van der Waals surface area contributed by atoms with Gasteiger partial charge in [-0.05, 0) is 37.7 Å². The smallest absolute Gasteiger partial charge is 0.324 e. The van der Waals surface area contributed by atoms with E-state index in [1.807, 2.05) is 18.2 Å². The summed E-state index contributed by atoms with van der Waals surface area (Å²) in [7, 11) is 0. The van der Waals surface area contributed by atoms with Gasteiger partial charge in [-0.2, -0.15) is 0 Å². The molecule has 19 heavy (non-hydrogen) atoms. The fraction of sp³-hybridized carbons (Fsp3) is 0.533. The molecule has 4 heteroatoms. The van der Waals surface area contributed by atoms with E-state index in [0.717, 1.165) is 25.1 Å². The van der Waals surface area contributed by atoms with E-state index in [1.54, 1.807) is 11.9 Å². The molecule has 1 aliphatic carbocycles. The van der Waals surface area contributed by atoms with Crippen LogP contribution in [0.4, 0.5) is 0 Å². The van der Waals surface area contributed by atoms with E-state index in [4.69, 9.17) is 4.74 Å². The molecular formula is C15H19NO2S. The molecule has 1 unspecified atom stereocenters. The van der Waals surface area contributed by atoms with Crippen LogP contribution in [0.25, 0.3) is 0 Å². The van der Waals surface area contributed by atoms with E-state index in [-0.39, 0.29) is 18.1 Å². The van der Waals surface area contributed by atoms with Gasteiger partial charge >= 0.3 is 5.97 Å². The number of esters is 1. The summed E-state index contributed by atoms with van der Waals surface area (Å²) in [5.41, 5.74) is 1.20. The number of nitrogens with zero attached hydrogens (tertiary/aromatic N) is 1. The number of hydrogen-bond donors (Lipinski definition) is 0. The fourth-order valence-electron chi connectivity index (χ4n) is 2.60. The molecule has 0 N–H and O–H groups in total. The van der Waals surface area contributed by atoms with Crippen molar-refractivity contribution < 1.29 is 9.53 Å². The minimum absolute atomic E-state index is 0.0410. The molecule has 2 fully saturated rings. The summed E-state index contributed by atoms with van der Waals surface area (Å²) in [5.74, 6) is 0.901. The molecule has 0 radical (unpaired) electrons. The van der Waals surface area contributed by atoms with Gasteiger partial charge in [-0.15, -0.1) is 0 Å². The van der Waals surface area contributed by atoms with E-state index in [1.165, 1.54) is 18.4 Å². The first-order chi connectivity index (χ1) is 9.33. The summed E-state index contributed by atoms with van der Waals surface area (Å²) in [6.07, 6.45) is 5.38. The van der Waals surface area contributed by atoms with Gasteiger partial charge in [0, 0.05) is 0 Å². The van der Waals surface area contributed by atoms with Crippen LogP contribution in [-0.4, -0.2) is 28.3 Å². The van der Waals surface area contributed by atoms with Gasteiger partial charge in [0.2, 0.25) is 0 Å². The fourth-order valence-corrected chi connectivity index (χ4v) is 3.19. The molecule has 1 aromatic carbocycles. The summed E-state index contributed by atoms with van der Waals surface area (Å²) in [5, 5.41) is 0. The van der Waals surface area contributed by atoms with Crippen LogP contribution in [0.1, 0.15) is 31.2 Å². The number of ether oxygens (including phenoxy) is 1. The van der Waals surface area contributed by atoms with Crippen molar-refractivity contribution in [2.45, 2.75) is 44.2 Å². The van der Waals surface area contributed by atoms with Crippen molar-refractivity contribution in [3.8, 4) is 0 Å². The maximum atomic E-state index is 12.3. The molecule has 2 aliphatic rings. The Bertz CT molecular complexity index is 427. The van der Waals surface area contributed by atoms with Gasteiger partial charge in [-0.3, -0.25) is 4.79 Å². The molecule has 102 valence electrons. The second kappa shape index (κ2) is 5.97. The minimum atomic E-state index is -0.118. The Morgan fingerprint density at radius 1 is 1.32 bits per heavy atom. The van der Waals surface area contributed by atoms with Crippen LogP contribution in [0.5, 0.6) is 0 Å². The first kappa shape index (κ1) is 13.0. The van der Waals surface area contributed by atoms with Crippen molar-refractivity contribution in [2.75, 3.05) is 5.88 Å². The Balaban J connectivity index is 1.61. The zero-order valence-electron chi connectivity index (χ0n) is 11.0. The molecule has 0 bridgehead atoms. The summed E-state index contributed by atoms with van der Waals surface area (Å²) in [6, 6.07) is 10.1. The van der Waals surface area contributed by atoms with Gasteiger partial charge in [-0.25, -0.2) is 4.31 Å². The second-order valence-electron chi connectivity index (χ2n) is 5.22. The number of rotatable bonds is 5. The molecule has 3 nitrogen and oxygen atoms in total. The highest BCUT2D eigenvalue weighted by atomic mass is 32.2. The molecule has 2 atom stereocenters. The Morgan fingerprint density at radius 2 is 2.00 bits per heavy atom. The van der Waals surface area contributed by atoms with Crippen LogP contribution in [0, 0.1) is 0 Å². The molecule has 3 rings (SSSR count). The highest BCUT2D eigenvalue weighted by molar-refractivity contribution is 8.03. The first-order valence-corrected chi connectivity index (χ1v) is 7.91. The molecular weight excluding hydrogens is 258 g/mol. The topological polar surface area (TPSA) is 29.3 Å². The number of hydrogen-bond acceptors (Lipinski definition) is 4. The number of carbonyl (C=O) groups excluding carboxylic acids is 1. The van der Waals surface area contributed by atoms with E-state index >= 15 is 0 Å². The zero-order chi connectivity index (χ0) is 13.1. The Morgan fingerprint density at radius 3 is 2.63 bits per heavy atom. The Hall–Kier alpha value is -1.00. The van der Waals surface area contributed by atoms with Crippen LogP contribution in [-0.2, 0) is 16.0 Å². The lowest BCUT2D eigenvalue weighted by Crippen LogP contribution is -2.34. The predicted octanol–water partition coefficient (Wildman–Crippen LogP) is 3.00. The average Bonchev–Trinajstić information content (AvgIpc) is 3.15. The second-order valence-corrected chi connectivity index (χ2v) is 6.21. The maximum absolute atomic E-state index is 12.3. The average molecular weight is 277 g/mol. The number of carbonyl (C=O) groups is 1. The monoisotopic (exact) mass is 277 g/mol. The van der Waals surface area contributed by atoms with Crippen molar-refractivity contribution in [1.82, 2.24) is 4.31 Å². The summed E-state index contributed by atoms with van der Waals surface area (Å²) >= 11 is 1.71. The third kappa shape index (κ3) is 3.51. The van der Waals surface area contributed by atoms with E-state index < -0.39 is 0 Å². The quantitative estimate of drug-likeness (QED) is 0.470. The maximum Gasteiger partial charge on any atom is 0.324 e. The number of benzene rings is 1. The minimum Gasteiger partial charge on any atom is -0.461 e. The van der Waals surface area contributed by atoms with E-state index in [2.05, 4.69) is 16.4 Å². The van der Waals surface area contributed by atoms with Crippen LogP contribution in [0.3, 0.4) is 0 Å². The van der Waals surface area contributed by atoms with Crippen LogP contribution < -0.4 is 0 Å². The summed E-state index contributed by atoms with van der Waals surface area (Å²) < 4.78 is 7.77. The van der Waals surface area contributed by atoms with E-state index in [9.17, 15) is 4.79 Å². The molecule has 1 saturated carbocycles.